The molecule has 1 amide bonds. The first kappa shape index (κ1) is 16.6. The van der Waals surface area contributed by atoms with E-state index in [9.17, 15) is 4.79 Å². The van der Waals surface area contributed by atoms with E-state index in [-0.39, 0.29) is 11.6 Å². The summed E-state index contributed by atoms with van der Waals surface area (Å²) in [6.45, 7) is 9.67. The van der Waals surface area contributed by atoms with Crippen LogP contribution in [-0.4, -0.2) is 24.3 Å². The van der Waals surface area contributed by atoms with Crippen molar-refractivity contribution < 1.29 is 14.3 Å². The summed E-state index contributed by atoms with van der Waals surface area (Å²) in [7, 11) is 1.93. The van der Waals surface area contributed by atoms with Crippen LogP contribution in [0.3, 0.4) is 0 Å². The molecule has 122 valence electrons. The predicted octanol–water partition coefficient (Wildman–Crippen LogP) is 3.86. The van der Waals surface area contributed by atoms with Crippen molar-refractivity contribution in [1.29, 1.82) is 0 Å². The molecule has 0 radical (unpaired) electrons. The lowest BCUT2D eigenvalue weighted by molar-refractivity contribution is 0.0631. The standard InChI is InChI=1S/C17H26N2O3/c1-16(2,3)22-15(20)19-11-7-8-14-12(9-11)13(18-6)10-17(4,5)21-14/h7-9,13,18H,10H2,1-6H3,(H,19,20). The maximum Gasteiger partial charge on any atom is 0.412 e. The Labute approximate surface area is 132 Å². The van der Waals surface area contributed by atoms with Crippen molar-refractivity contribution in [3.05, 3.63) is 23.8 Å². The second kappa shape index (κ2) is 5.80. The summed E-state index contributed by atoms with van der Waals surface area (Å²) in [4.78, 5) is 11.9. The molecule has 0 bridgehead atoms. The van der Waals surface area contributed by atoms with Gasteiger partial charge in [0.05, 0.1) is 0 Å². The molecule has 1 heterocycles. The van der Waals surface area contributed by atoms with E-state index in [0.717, 1.165) is 17.7 Å². The molecule has 22 heavy (non-hydrogen) atoms. The van der Waals surface area contributed by atoms with Crippen molar-refractivity contribution in [1.82, 2.24) is 5.32 Å². The van der Waals surface area contributed by atoms with Crippen LogP contribution in [-0.2, 0) is 4.74 Å². The van der Waals surface area contributed by atoms with Crippen molar-refractivity contribution >= 4 is 11.8 Å². The summed E-state index contributed by atoms with van der Waals surface area (Å²) in [6, 6.07) is 5.86. The lowest BCUT2D eigenvalue weighted by atomic mass is 9.89. The van der Waals surface area contributed by atoms with Gasteiger partial charge in [-0.15, -0.1) is 0 Å². The third-order valence-electron chi connectivity index (χ3n) is 3.46. The van der Waals surface area contributed by atoms with Gasteiger partial charge in [-0.2, -0.15) is 0 Å². The first-order valence-electron chi connectivity index (χ1n) is 7.60. The Kier molecular flexibility index (Phi) is 4.38. The number of anilines is 1. The number of benzene rings is 1. The number of carbonyl (C=O) groups is 1. The molecule has 0 saturated carbocycles. The molecule has 2 N–H and O–H groups in total. The van der Waals surface area contributed by atoms with E-state index in [0.29, 0.717) is 5.69 Å². The van der Waals surface area contributed by atoms with Crippen LogP contribution in [0.2, 0.25) is 0 Å². The monoisotopic (exact) mass is 306 g/mol. The summed E-state index contributed by atoms with van der Waals surface area (Å²) < 4.78 is 11.3. The Bertz CT molecular complexity index is 562. The smallest absolute Gasteiger partial charge is 0.412 e. The van der Waals surface area contributed by atoms with Gasteiger partial charge in [-0.05, 0) is 59.9 Å². The molecule has 0 fully saturated rings. The molecule has 5 heteroatoms. The molecule has 1 aromatic carbocycles. The molecule has 0 saturated heterocycles. The molecule has 0 spiro atoms. The van der Waals surface area contributed by atoms with Crippen molar-refractivity contribution in [3.63, 3.8) is 0 Å². The maximum atomic E-state index is 11.9. The van der Waals surface area contributed by atoms with Crippen molar-refractivity contribution in [2.75, 3.05) is 12.4 Å². The molecule has 5 nitrogen and oxygen atoms in total. The quantitative estimate of drug-likeness (QED) is 0.871. The third-order valence-corrected chi connectivity index (χ3v) is 3.46. The Balaban J connectivity index is 2.19. The van der Waals surface area contributed by atoms with Gasteiger partial charge in [0.25, 0.3) is 0 Å². The maximum absolute atomic E-state index is 11.9. The lowest BCUT2D eigenvalue weighted by Crippen LogP contribution is -2.38. The van der Waals surface area contributed by atoms with Crippen molar-refractivity contribution in [2.45, 2.75) is 58.3 Å². The molecule has 1 aliphatic rings. The van der Waals surface area contributed by atoms with Gasteiger partial charge in [0.15, 0.2) is 0 Å². The molecule has 1 aliphatic heterocycles. The van der Waals surface area contributed by atoms with Gasteiger partial charge in [-0.25, -0.2) is 4.79 Å². The minimum absolute atomic E-state index is 0.194. The summed E-state index contributed by atoms with van der Waals surface area (Å²) in [5.41, 5.74) is 1.03. The van der Waals surface area contributed by atoms with Gasteiger partial charge in [-0.3, -0.25) is 5.32 Å². The average molecular weight is 306 g/mol. The number of nitrogens with one attached hydrogen (secondary N) is 2. The van der Waals surface area contributed by atoms with E-state index in [4.69, 9.17) is 9.47 Å². The molecule has 0 aliphatic carbocycles. The zero-order chi connectivity index (χ0) is 16.5. The summed E-state index contributed by atoms with van der Waals surface area (Å²) >= 11 is 0. The first-order valence-corrected chi connectivity index (χ1v) is 7.60. The Morgan fingerprint density at radius 2 is 2.05 bits per heavy atom. The van der Waals surface area contributed by atoms with E-state index < -0.39 is 11.7 Å². The third kappa shape index (κ3) is 4.13. The highest BCUT2D eigenvalue weighted by molar-refractivity contribution is 5.85. The Hall–Kier alpha value is -1.75. The van der Waals surface area contributed by atoms with Gasteiger partial charge in [-0.1, -0.05) is 0 Å². The first-order chi connectivity index (χ1) is 10.1. The zero-order valence-electron chi connectivity index (χ0n) is 14.2. The molecule has 1 unspecified atom stereocenters. The normalized spacial score (nSPS) is 19.8. The number of rotatable bonds is 2. The fraction of sp³-hybridized carbons (Fsp3) is 0.588. The molecular weight excluding hydrogens is 280 g/mol. The number of fused-ring (bicyclic) bond motifs is 1. The fourth-order valence-electron chi connectivity index (χ4n) is 2.61. The highest BCUT2D eigenvalue weighted by Crippen LogP contribution is 2.40. The van der Waals surface area contributed by atoms with Crippen LogP contribution in [0.5, 0.6) is 5.75 Å². The predicted molar refractivity (Wildman–Crippen MR) is 87.4 cm³/mol. The van der Waals surface area contributed by atoms with E-state index in [1.165, 1.54) is 0 Å². The number of hydrogen-bond donors (Lipinski definition) is 2. The highest BCUT2D eigenvalue weighted by atomic mass is 16.6. The van der Waals surface area contributed by atoms with Crippen molar-refractivity contribution in [3.8, 4) is 5.75 Å². The van der Waals surface area contributed by atoms with E-state index >= 15 is 0 Å². The van der Waals surface area contributed by atoms with Gasteiger partial charge in [0.1, 0.15) is 17.0 Å². The fourth-order valence-corrected chi connectivity index (χ4v) is 2.61. The highest BCUT2D eigenvalue weighted by Gasteiger charge is 2.33. The van der Waals surface area contributed by atoms with Crippen LogP contribution in [0.25, 0.3) is 0 Å². The lowest BCUT2D eigenvalue weighted by Gasteiger charge is -2.37. The minimum atomic E-state index is -0.515. The Morgan fingerprint density at radius 1 is 1.36 bits per heavy atom. The SMILES string of the molecule is CNC1CC(C)(C)Oc2ccc(NC(=O)OC(C)(C)C)cc21. The number of amides is 1. The Morgan fingerprint density at radius 3 is 2.64 bits per heavy atom. The van der Waals surface area contributed by atoms with Crippen LogP contribution in [0.15, 0.2) is 18.2 Å². The molecule has 1 aromatic rings. The largest absolute Gasteiger partial charge is 0.487 e. The van der Waals surface area contributed by atoms with Crippen LogP contribution >= 0.6 is 0 Å². The summed E-state index contributed by atoms with van der Waals surface area (Å²) in [5.74, 6) is 0.852. The van der Waals surface area contributed by atoms with Gasteiger partial charge >= 0.3 is 6.09 Å². The van der Waals surface area contributed by atoms with Crippen molar-refractivity contribution in [2.24, 2.45) is 0 Å². The van der Waals surface area contributed by atoms with Crippen LogP contribution in [0, 0.1) is 0 Å². The number of hydrogen-bond acceptors (Lipinski definition) is 4. The van der Waals surface area contributed by atoms with Gasteiger partial charge in [0, 0.05) is 23.7 Å². The second-order valence-corrected chi connectivity index (χ2v) is 7.29. The van der Waals surface area contributed by atoms with Crippen LogP contribution < -0.4 is 15.4 Å². The summed E-state index contributed by atoms with van der Waals surface area (Å²) in [6.07, 6.45) is 0.414. The van der Waals surface area contributed by atoms with Crippen LogP contribution in [0.4, 0.5) is 10.5 Å². The molecule has 1 atom stereocenters. The zero-order valence-corrected chi connectivity index (χ0v) is 14.2. The van der Waals surface area contributed by atoms with Gasteiger partial charge in [0.2, 0.25) is 0 Å². The number of ether oxygens (including phenoxy) is 2. The minimum Gasteiger partial charge on any atom is -0.487 e. The van der Waals surface area contributed by atoms with E-state index in [1.807, 2.05) is 46.0 Å². The van der Waals surface area contributed by atoms with E-state index in [2.05, 4.69) is 24.5 Å². The second-order valence-electron chi connectivity index (χ2n) is 7.29. The van der Waals surface area contributed by atoms with E-state index in [1.54, 1.807) is 0 Å². The topological polar surface area (TPSA) is 59.6 Å². The number of carbonyl (C=O) groups excluding carboxylic acids is 1. The van der Waals surface area contributed by atoms with Crippen LogP contribution in [0.1, 0.15) is 52.6 Å². The average Bonchev–Trinajstić information content (AvgIpc) is 2.35. The summed E-state index contributed by atoms with van der Waals surface area (Å²) in [5, 5.41) is 6.08. The molecule has 0 aromatic heterocycles. The molecule has 2 rings (SSSR count). The van der Waals surface area contributed by atoms with Gasteiger partial charge < -0.3 is 14.8 Å². The molecular formula is C17H26N2O3.